The number of hydrogen-bond acceptors (Lipinski definition) is 5. The van der Waals surface area contributed by atoms with Gasteiger partial charge in [0.1, 0.15) is 12.4 Å². The summed E-state index contributed by atoms with van der Waals surface area (Å²) in [6, 6.07) is 7.38. The molecule has 8 heteroatoms. The third-order valence-electron chi connectivity index (χ3n) is 4.48. The van der Waals surface area contributed by atoms with Gasteiger partial charge >= 0.3 is 6.03 Å². The highest BCUT2D eigenvalue weighted by atomic mass is 16.6. The molecule has 1 atom stereocenters. The molecule has 1 aromatic carbocycles. The molecule has 2 amide bonds. The summed E-state index contributed by atoms with van der Waals surface area (Å²) < 4.78 is 13.7. The highest BCUT2D eigenvalue weighted by Gasteiger charge is 2.24. The number of aryl methyl sites for hydroxylation is 1. The van der Waals surface area contributed by atoms with Crippen molar-refractivity contribution in [3.8, 4) is 11.5 Å². The molecule has 0 radical (unpaired) electrons. The Bertz CT molecular complexity index is 775. The number of urea groups is 1. The first-order valence-electron chi connectivity index (χ1n) is 8.49. The second-order valence-corrected chi connectivity index (χ2v) is 6.32. The van der Waals surface area contributed by atoms with Crippen molar-refractivity contribution in [2.45, 2.75) is 32.0 Å². The first-order chi connectivity index (χ1) is 12.2. The third-order valence-corrected chi connectivity index (χ3v) is 4.48. The van der Waals surface area contributed by atoms with Gasteiger partial charge < -0.3 is 24.3 Å². The Labute approximate surface area is 145 Å². The number of carbonyl (C=O) groups excluding carboxylic acids is 1. The summed E-state index contributed by atoms with van der Waals surface area (Å²) in [5, 5.41) is 11.2. The van der Waals surface area contributed by atoms with Gasteiger partial charge in [0.25, 0.3) is 0 Å². The van der Waals surface area contributed by atoms with Gasteiger partial charge in [-0.15, -0.1) is 10.2 Å². The molecule has 0 bridgehead atoms. The zero-order valence-corrected chi connectivity index (χ0v) is 14.1. The lowest BCUT2D eigenvalue weighted by molar-refractivity contribution is 0.0715. The van der Waals surface area contributed by atoms with Gasteiger partial charge in [0, 0.05) is 20.0 Å². The van der Waals surface area contributed by atoms with Crippen LogP contribution in [0.2, 0.25) is 0 Å². The SMILES string of the molecule is CN(CC1COc2ccccc2O1)C(=O)NCc1nnc2n1CCC2. The number of benzene rings is 1. The first-order valence-corrected chi connectivity index (χ1v) is 8.49. The topological polar surface area (TPSA) is 81.5 Å². The van der Waals surface area contributed by atoms with Crippen molar-refractivity contribution in [3.63, 3.8) is 0 Å². The normalized spacial score (nSPS) is 17.9. The van der Waals surface area contributed by atoms with E-state index in [0.717, 1.165) is 36.8 Å². The molecule has 1 unspecified atom stereocenters. The van der Waals surface area contributed by atoms with E-state index in [2.05, 4.69) is 20.1 Å². The Balaban J connectivity index is 1.29. The lowest BCUT2D eigenvalue weighted by Crippen LogP contribution is -2.45. The molecule has 0 spiro atoms. The van der Waals surface area contributed by atoms with Crippen LogP contribution in [0.5, 0.6) is 11.5 Å². The van der Waals surface area contributed by atoms with Gasteiger partial charge in [-0.3, -0.25) is 0 Å². The molecule has 2 aromatic rings. The van der Waals surface area contributed by atoms with E-state index in [4.69, 9.17) is 9.47 Å². The minimum Gasteiger partial charge on any atom is -0.486 e. The standard InChI is InChI=1S/C17H21N5O3/c1-21(10-12-11-24-13-5-2-3-6-14(13)25-12)17(23)18-9-16-20-19-15-7-4-8-22(15)16/h2-3,5-6,12H,4,7-11H2,1H3,(H,18,23). The summed E-state index contributed by atoms with van der Waals surface area (Å²) in [6.45, 7) is 2.17. The van der Waals surface area contributed by atoms with Crippen molar-refractivity contribution in [1.29, 1.82) is 0 Å². The van der Waals surface area contributed by atoms with Crippen LogP contribution in [-0.4, -0.2) is 52.0 Å². The number of likely N-dealkylation sites (N-methyl/N-ethyl adjacent to an activating group) is 1. The van der Waals surface area contributed by atoms with Crippen molar-refractivity contribution < 1.29 is 14.3 Å². The molecule has 132 valence electrons. The number of aromatic nitrogens is 3. The number of carbonyl (C=O) groups is 1. The Hall–Kier alpha value is -2.77. The molecule has 25 heavy (non-hydrogen) atoms. The van der Waals surface area contributed by atoms with Gasteiger partial charge in [-0.05, 0) is 18.6 Å². The number of rotatable bonds is 4. The fourth-order valence-corrected chi connectivity index (χ4v) is 3.17. The second kappa shape index (κ2) is 6.62. The van der Waals surface area contributed by atoms with Crippen molar-refractivity contribution in [1.82, 2.24) is 25.0 Å². The Morgan fingerprint density at radius 2 is 2.20 bits per heavy atom. The third kappa shape index (κ3) is 3.24. The van der Waals surface area contributed by atoms with E-state index in [0.29, 0.717) is 25.4 Å². The molecule has 0 saturated heterocycles. The van der Waals surface area contributed by atoms with Crippen LogP contribution in [0, 0.1) is 0 Å². The number of nitrogens with one attached hydrogen (secondary N) is 1. The van der Waals surface area contributed by atoms with E-state index in [1.165, 1.54) is 0 Å². The van der Waals surface area contributed by atoms with Crippen LogP contribution in [0.15, 0.2) is 24.3 Å². The maximum atomic E-state index is 12.3. The molecule has 0 aliphatic carbocycles. The molecule has 0 saturated carbocycles. The molecule has 4 rings (SSSR count). The number of fused-ring (bicyclic) bond motifs is 2. The highest BCUT2D eigenvalue weighted by Crippen LogP contribution is 2.30. The fourth-order valence-electron chi connectivity index (χ4n) is 3.17. The van der Waals surface area contributed by atoms with E-state index in [1.807, 2.05) is 24.3 Å². The predicted octanol–water partition coefficient (Wildman–Crippen LogP) is 1.21. The number of hydrogen-bond donors (Lipinski definition) is 1. The average molecular weight is 343 g/mol. The lowest BCUT2D eigenvalue weighted by atomic mass is 10.2. The molecule has 3 heterocycles. The van der Waals surface area contributed by atoms with Crippen LogP contribution in [-0.2, 0) is 19.5 Å². The fraction of sp³-hybridized carbons (Fsp3) is 0.471. The zero-order chi connectivity index (χ0) is 17.2. The van der Waals surface area contributed by atoms with E-state index >= 15 is 0 Å². The van der Waals surface area contributed by atoms with Crippen LogP contribution in [0.25, 0.3) is 0 Å². The van der Waals surface area contributed by atoms with Gasteiger partial charge in [0.05, 0.1) is 13.1 Å². The smallest absolute Gasteiger partial charge is 0.317 e. The van der Waals surface area contributed by atoms with Crippen LogP contribution >= 0.6 is 0 Å². The van der Waals surface area contributed by atoms with E-state index in [1.54, 1.807) is 11.9 Å². The van der Waals surface area contributed by atoms with Gasteiger partial charge in [-0.1, -0.05) is 12.1 Å². The summed E-state index contributed by atoms with van der Waals surface area (Å²) in [6.07, 6.45) is 1.86. The Morgan fingerprint density at radius 1 is 1.36 bits per heavy atom. The maximum absolute atomic E-state index is 12.3. The minimum absolute atomic E-state index is 0.169. The Kier molecular flexibility index (Phi) is 4.17. The summed E-state index contributed by atoms with van der Waals surface area (Å²) >= 11 is 0. The van der Waals surface area contributed by atoms with Crippen molar-refractivity contribution in [3.05, 3.63) is 35.9 Å². The molecular weight excluding hydrogens is 322 g/mol. The summed E-state index contributed by atoms with van der Waals surface area (Å²) in [7, 11) is 1.74. The summed E-state index contributed by atoms with van der Waals surface area (Å²) in [4.78, 5) is 13.9. The monoisotopic (exact) mass is 343 g/mol. The number of ether oxygens (including phenoxy) is 2. The lowest BCUT2D eigenvalue weighted by Gasteiger charge is -2.29. The largest absolute Gasteiger partial charge is 0.486 e. The van der Waals surface area contributed by atoms with Crippen LogP contribution in [0.4, 0.5) is 4.79 Å². The molecule has 1 N–H and O–H groups in total. The summed E-state index contributed by atoms with van der Waals surface area (Å²) in [5.74, 6) is 3.27. The van der Waals surface area contributed by atoms with Crippen LogP contribution < -0.4 is 14.8 Å². The molecule has 2 aliphatic heterocycles. The Morgan fingerprint density at radius 3 is 3.08 bits per heavy atom. The van der Waals surface area contributed by atoms with E-state index < -0.39 is 0 Å². The minimum atomic E-state index is -0.192. The van der Waals surface area contributed by atoms with Crippen LogP contribution in [0.1, 0.15) is 18.1 Å². The molecule has 0 fully saturated rings. The number of para-hydroxylation sites is 2. The maximum Gasteiger partial charge on any atom is 0.317 e. The van der Waals surface area contributed by atoms with E-state index in [9.17, 15) is 4.79 Å². The average Bonchev–Trinajstić information content (AvgIpc) is 3.23. The zero-order valence-electron chi connectivity index (χ0n) is 14.1. The van der Waals surface area contributed by atoms with Crippen LogP contribution in [0.3, 0.4) is 0 Å². The van der Waals surface area contributed by atoms with Crippen molar-refractivity contribution in [2.24, 2.45) is 0 Å². The van der Waals surface area contributed by atoms with Crippen molar-refractivity contribution >= 4 is 6.03 Å². The van der Waals surface area contributed by atoms with Gasteiger partial charge in [-0.2, -0.15) is 0 Å². The van der Waals surface area contributed by atoms with Crippen molar-refractivity contribution in [2.75, 3.05) is 20.2 Å². The molecular formula is C17H21N5O3. The first kappa shape index (κ1) is 15.7. The molecule has 2 aliphatic rings. The summed E-state index contributed by atoms with van der Waals surface area (Å²) in [5.41, 5.74) is 0. The number of nitrogens with zero attached hydrogens (tertiary/aromatic N) is 4. The highest BCUT2D eigenvalue weighted by molar-refractivity contribution is 5.73. The molecule has 8 nitrogen and oxygen atoms in total. The molecule has 1 aromatic heterocycles. The number of amides is 2. The second-order valence-electron chi connectivity index (χ2n) is 6.32. The predicted molar refractivity (Wildman–Crippen MR) is 89.6 cm³/mol. The van der Waals surface area contributed by atoms with E-state index in [-0.39, 0.29) is 12.1 Å². The van der Waals surface area contributed by atoms with Gasteiger partial charge in [0.2, 0.25) is 0 Å². The van der Waals surface area contributed by atoms with Gasteiger partial charge in [-0.25, -0.2) is 4.79 Å². The van der Waals surface area contributed by atoms with Gasteiger partial charge in [0.15, 0.2) is 23.4 Å². The quantitative estimate of drug-likeness (QED) is 0.902.